The first-order valence-electron chi connectivity index (χ1n) is 9.70. The van der Waals surface area contributed by atoms with Crippen molar-refractivity contribution >= 4 is 29.0 Å². The maximum atomic E-state index is 13.2. The first-order valence-corrected chi connectivity index (χ1v) is 10.1. The highest BCUT2D eigenvalue weighted by atomic mass is 35.5. The van der Waals surface area contributed by atoms with Gasteiger partial charge in [-0.2, -0.15) is 0 Å². The zero-order chi connectivity index (χ0) is 19.7. The summed E-state index contributed by atoms with van der Waals surface area (Å²) in [6.45, 7) is 1.41. The van der Waals surface area contributed by atoms with Gasteiger partial charge in [-0.3, -0.25) is 9.59 Å². The summed E-state index contributed by atoms with van der Waals surface area (Å²) in [5, 5.41) is 16.1. The van der Waals surface area contributed by atoms with Crippen LogP contribution in [0, 0.1) is 5.92 Å². The summed E-state index contributed by atoms with van der Waals surface area (Å²) < 4.78 is 0. The fraction of sp³-hybridized carbons (Fsp3) is 0.364. The van der Waals surface area contributed by atoms with Crippen LogP contribution in [0.15, 0.2) is 30.3 Å². The van der Waals surface area contributed by atoms with Crippen molar-refractivity contribution in [1.82, 2.24) is 5.32 Å². The lowest BCUT2D eigenvalue weighted by molar-refractivity contribution is -0.116. The van der Waals surface area contributed by atoms with Crippen LogP contribution in [0.4, 0.5) is 5.69 Å². The van der Waals surface area contributed by atoms with Crippen molar-refractivity contribution < 1.29 is 14.7 Å². The standard InChI is InChI=1S/C22H23ClN2O3/c23-18-11-14-3-4-15(12-24-10-9-13-1-5-16(26)6-2-13)22(28)20(14)17-7-8-19(27)25-21(17)18/h1-2,5-6,11,15,24,26H,3-4,7-10,12H2,(H,25,27). The second-order valence-corrected chi connectivity index (χ2v) is 7.92. The van der Waals surface area contributed by atoms with Gasteiger partial charge in [0.15, 0.2) is 5.78 Å². The van der Waals surface area contributed by atoms with E-state index in [1.54, 1.807) is 12.1 Å². The third-order valence-electron chi connectivity index (χ3n) is 5.63. The van der Waals surface area contributed by atoms with Gasteiger partial charge in [0.05, 0.1) is 10.7 Å². The smallest absolute Gasteiger partial charge is 0.224 e. The number of hydrogen-bond acceptors (Lipinski definition) is 4. The van der Waals surface area contributed by atoms with E-state index in [1.807, 2.05) is 18.2 Å². The van der Waals surface area contributed by atoms with E-state index in [-0.39, 0.29) is 23.4 Å². The topological polar surface area (TPSA) is 78.4 Å². The summed E-state index contributed by atoms with van der Waals surface area (Å²) in [4.78, 5) is 24.9. The van der Waals surface area contributed by atoms with Crippen LogP contribution >= 0.6 is 11.6 Å². The summed E-state index contributed by atoms with van der Waals surface area (Å²) in [5.41, 5.74) is 4.44. The van der Waals surface area contributed by atoms with Crippen LogP contribution in [0.2, 0.25) is 5.02 Å². The van der Waals surface area contributed by atoms with E-state index in [2.05, 4.69) is 10.6 Å². The van der Waals surface area contributed by atoms with Crippen molar-refractivity contribution in [1.29, 1.82) is 0 Å². The molecule has 3 N–H and O–H groups in total. The Kier molecular flexibility index (Phi) is 5.38. The van der Waals surface area contributed by atoms with Crippen molar-refractivity contribution in [3.8, 4) is 5.75 Å². The summed E-state index contributed by atoms with van der Waals surface area (Å²) in [6, 6.07) is 9.02. The SMILES string of the molecule is O=C1CCc2c(c(Cl)cc3c2C(=O)C(CNCCc2ccc(O)cc2)CC3)N1. The number of amides is 1. The summed E-state index contributed by atoms with van der Waals surface area (Å²) >= 11 is 6.34. The number of phenolic OH excluding ortho intramolecular Hbond substituents is 1. The van der Waals surface area contributed by atoms with E-state index in [0.717, 1.165) is 48.1 Å². The fourth-order valence-electron chi connectivity index (χ4n) is 4.12. The number of aromatic hydroxyl groups is 1. The van der Waals surface area contributed by atoms with Gasteiger partial charge in [-0.25, -0.2) is 0 Å². The molecule has 5 nitrogen and oxygen atoms in total. The van der Waals surface area contributed by atoms with Gasteiger partial charge < -0.3 is 15.7 Å². The predicted octanol–water partition coefficient (Wildman–Crippen LogP) is 3.51. The summed E-state index contributed by atoms with van der Waals surface area (Å²) in [6.07, 6.45) is 3.43. The van der Waals surface area contributed by atoms with E-state index >= 15 is 0 Å². The van der Waals surface area contributed by atoms with Gasteiger partial charge in [0.2, 0.25) is 5.91 Å². The Morgan fingerprint density at radius 1 is 1.14 bits per heavy atom. The molecule has 2 aromatic rings. The minimum absolute atomic E-state index is 0.0509. The third-order valence-corrected chi connectivity index (χ3v) is 5.93. The number of fused-ring (bicyclic) bond motifs is 3. The van der Waals surface area contributed by atoms with Gasteiger partial charge in [0.25, 0.3) is 0 Å². The molecule has 1 heterocycles. The minimum Gasteiger partial charge on any atom is -0.508 e. The molecule has 1 amide bonds. The molecule has 2 aromatic carbocycles. The number of rotatable bonds is 5. The number of nitrogens with one attached hydrogen (secondary N) is 2. The number of Topliss-reactive ketones (excluding diaryl/α,β-unsaturated/α-hetero) is 1. The fourth-order valence-corrected chi connectivity index (χ4v) is 4.41. The number of benzene rings is 2. The van der Waals surface area contributed by atoms with Gasteiger partial charge in [-0.15, -0.1) is 0 Å². The zero-order valence-corrected chi connectivity index (χ0v) is 16.3. The summed E-state index contributed by atoms with van der Waals surface area (Å²) in [5.74, 6) is 0.311. The van der Waals surface area contributed by atoms with E-state index in [4.69, 9.17) is 11.6 Å². The Morgan fingerprint density at radius 2 is 1.93 bits per heavy atom. The Bertz CT molecular complexity index is 924. The van der Waals surface area contributed by atoms with Crippen molar-refractivity contribution in [3.63, 3.8) is 0 Å². The maximum absolute atomic E-state index is 13.2. The summed E-state index contributed by atoms with van der Waals surface area (Å²) in [7, 11) is 0. The molecule has 0 radical (unpaired) electrons. The average Bonchev–Trinajstić information content (AvgIpc) is 2.68. The zero-order valence-electron chi connectivity index (χ0n) is 15.6. The molecule has 4 rings (SSSR count). The van der Waals surface area contributed by atoms with Crippen molar-refractivity contribution in [3.05, 3.63) is 57.6 Å². The van der Waals surface area contributed by atoms with Crippen LogP contribution in [0.25, 0.3) is 0 Å². The molecule has 28 heavy (non-hydrogen) atoms. The van der Waals surface area contributed by atoms with Crippen LogP contribution in [0.5, 0.6) is 5.75 Å². The van der Waals surface area contributed by atoms with Gasteiger partial charge in [0, 0.05) is 24.4 Å². The van der Waals surface area contributed by atoms with Gasteiger partial charge in [-0.1, -0.05) is 23.7 Å². The van der Waals surface area contributed by atoms with Crippen molar-refractivity contribution in [2.24, 2.45) is 5.92 Å². The highest BCUT2D eigenvalue weighted by molar-refractivity contribution is 6.34. The third kappa shape index (κ3) is 3.77. The molecule has 2 aliphatic rings. The van der Waals surface area contributed by atoms with Gasteiger partial charge in [-0.05, 0) is 67.1 Å². The first-order chi connectivity index (χ1) is 13.5. The second kappa shape index (κ2) is 7.94. The molecule has 0 bridgehead atoms. The number of carbonyl (C=O) groups is 2. The number of phenols is 1. The number of anilines is 1. The molecule has 0 saturated carbocycles. The largest absolute Gasteiger partial charge is 0.508 e. The lowest BCUT2D eigenvalue weighted by Crippen LogP contribution is -2.35. The monoisotopic (exact) mass is 398 g/mol. The van der Waals surface area contributed by atoms with Gasteiger partial charge in [0.1, 0.15) is 5.75 Å². The predicted molar refractivity (Wildman–Crippen MR) is 109 cm³/mol. The lowest BCUT2D eigenvalue weighted by Gasteiger charge is -2.29. The molecule has 1 unspecified atom stereocenters. The van der Waals surface area contributed by atoms with E-state index in [0.29, 0.717) is 30.1 Å². The first kappa shape index (κ1) is 19.0. The Hall–Kier alpha value is -2.37. The van der Waals surface area contributed by atoms with Crippen LogP contribution in [-0.2, 0) is 24.1 Å². The molecule has 146 valence electrons. The molecule has 0 spiro atoms. The molecule has 1 aliphatic carbocycles. The molecule has 1 aliphatic heterocycles. The molecule has 0 fully saturated rings. The van der Waals surface area contributed by atoms with Crippen LogP contribution in [-0.4, -0.2) is 29.9 Å². The molecule has 0 aromatic heterocycles. The minimum atomic E-state index is -0.0600. The van der Waals surface area contributed by atoms with Crippen molar-refractivity contribution in [2.75, 3.05) is 18.4 Å². The molecule has 1 atom stereocenters. The van der Waals surface area contributed by atoms with E-state index in [1.165, 1.54) is 0 Å². The number of carbonyl (C=O) groups excluding carboxylic acids is 2. The van der Waals surface area contributed by atoms with Crippen molar-refractivity contribution in [2.45, 2.75) is 32.1 Å². The van der Waals surface area contributed by atoms with E-state index in [9.17, 15) is 14.7 Å². The van der Waals surface area contributed by atoms with Crippen LogP contribution < -0.4 is 10.6 Å². The lowest BCUT2D eigenvalue weighted by atomic mass is 9.78. The Morgan fingerprint density at radius 3 is 2.71 bits per heavy atom. The molecule has 0 saturated heterocycles. The number of aryl methyl sites for hydroxylation is 1. The second-order valence-electron chi connectivity index (χ2n) is 7.51. The average molecular weight is 399 g/mol. The molecular formula is C22H23ClN2O3. The Balaban J connectivity index is 1.42. The van der Waals surface area contributed by atoms with Gasteiger partial charge >= 0.3 is 0 Å². The normalized spacial score (nSPS) is 18.4. The highest BCUT2D eigenvalue weighted by Crippen LogP contribution is 2.39. The number of ketones is 1. The van der Waals surface area contributed by atoms with E-state index < -0.39 is 0 Å². The maximum Gasteiger partial charge on any atom is 0.224 e. The van der Waals surface area contributed by atoms with Crippen LogP contribution in [0.1, 0.15) is 39.9 Å². The molecule has 6 heteroatoms. The highest BCUT2D eigenvalue weighted by Gasteiger charge is 2.33. The Labute approximate surface area is 169 Å². The van der Waals surface area contributed by atoms with Crippen LogP contribution in [0.3, 0.4) is 0 Å². The number of hydrogen-bond donors (Lipinski definition) is 3. The quantitative estimate of drug-likeness (QED) is 0.673. The number of halogens is 1. The molecular weight excluding hydrogens is 376 g/mol.